The Kier molecular flexibility index (Phi) is 36.1. The summed E-state index contributed by atoms with van der Waals surface area (Å²) in [5.74, 6) is -0.766. The van der Waals surface area contributed by atoms with Crippen LogP contribution in [-0.4, -0.2) is 62.3 Å². The number of alkyl carbamates (subject to hydrolysis) is 2. The molecule has 9 nitrogen and oxygen atoms in total. The van der Waals surface area contributed by atoms with Crippen LogP contribution >= 0.6 is 0 Å². The summed E-state index contributed by atoms with van der Waals surface area (Å²) in [5, 5.41) is 4.52. The number of allylic oxidation sites excluding steroid dienone is 4. The first kappa shape index (κ1) is 49.3. The topological polar surface area (TPSA) is 114 Å². The van der Waals surface area contributed by atoms with E-state index in [4.69, 9.17) is 9.47 Å². The number of amides is 4. The first-order valence-electron chi connectivity index (χ1n) is 21.2. The number of hydrogen-bond acceptors (Lipinski definition) is 7. The van der Waals surface area contributed by atoms with Crippen molar-refractivity contribution in [3.8, 4) is 0 Å². The van der Waals surface area contributed by atoms with Crippen LogP contribution in [0, 0.1) is 0 Å². The molecule has 0 aliphatic rings. The maximum Gasteiger partial charge on any atom is 0.414 e. The van der Waals surface area contributed by atoms with Crippen molar-refractivity contribution >= 4 is 24.0 Å². The Hall–Kier alpha value is -2.68. The molecule has 52 heavy (non-hydrogen) atoms. The number of likely N-dealkylation sites (N-methyl/N-ethyl adjacent to an activating group) is 1. The van der Waals surface area contributed by atoms with E-state index >= 15 is 0 Å². The number of imide groups is 2. The highest BCUT2D eigenvalue weighted by molar-refractivity contribution is 5.92. The van der Waals surface area contributed by atoms with Crippen molar-refractivity contribution in [2.75, 3.05) is 27.2 Å². The van der Waals surface area contributed by atoms with Crippen LogP contribution in [0.2, 0.25) is 0 Å². The van der Waals surface area contributed by atoms with Gasteiger partial charge in [0.1, 0.15) is 6.61 Å². The Morgan fingerprint density at radius 1 is 0.500 bits per heavy atom. The third-order valence-electron chi connectivity index (χ3n) is 9.06. The second-order valence-electron chi connectivity index (χ2n) is 14.7. The smallest absolute Gasteiger partial charge is 0.414 e. The van der Waals surface area contributed by atoms with E-state index in [1.54, 1.807) is 19.0 Å². The first-order chi connectivity index (χ1) is 25.3. The molecule has 0 saturated carbocycles. The molecule has 4 amide bonds. The Labute approximate surface area is 318 Å². The van der Waals surface area contributed by atoms with Gasteiger partial charge in [0.2, 0.25) is 11.8 Å². The molecule has 302 valence electrons. The monoisotopic (exact) mass is 734 g/mol. The molecule has 0 aliphatic heterocycles. The van der Waals surface area contributed by atoms with Crippen LogP contribution in [0.3, 0.4) is 0 Å². The van der Waals surface area contributed by atoms with Crippen molar-refractivity contribution < 1.29 is 28.7 Å². The SMILES string of the molecule is CCCCCCCC/C=C\CCCCCCCC(=O)NC(=O)OCC(CN(C)C)OC(=O)NC(=O)CCCCCCC/C=C\CCCCCCCC. The van der Waals surface area contributed by atoms with Gasteiger partial charge in [-0.05, 0) is 78.3 Å². The van der Waals surface area contributed by atoms with Gasteiger partial charge in [-0.2, -0.15) is 0 Å². The molecule has 0 aromatic rings. The van der Waals surface area contributed by atoms with E-state index in [1.165, 1.54) is 89.9 Å². The summed E-state index contributed by atoms with van der Waals surface area (Å²) in [6.07, 6.45) is 37.8. The van der Waals surface area contributed by atoms with Gasteiger partial charge in [-0.1, -0.05) is 141 Å². The van der Waals surface area contributed by atoms with Gasteiger partial charge >= 0.3 is 12.2 Å². The number of carbonyl (C=O) groups excluding carboxylic acids is 4. The lowest BCUT2D eigenvalue weighted by atomic mass is 10.1. The van der Waals surface area contributed by atoms with E-state index in [0.29, 0.717) is 12.8 Å². The maximum atomic E-state index is 12.4. The molecule has 0 aliphatic carbocycles. The third kappa shape index (κ3) is 37.1. The van der Waals surface area contributed by atoms with E-state index < -0.39 is 18.3 Å². The minimum atomic E-state index is -0.870. The van der Waals surface area contributed by atoms with E-state index in [1.807, 2.05) is 0 Å². The van der Waals surface area contributed by atoms with Crippen molar-refractivity contribution in [1.82, 2.24) is 15.5 Å². The fraction of sp³-hybridized carbons (Fsp3) is 0.814. The highest BCUT2D eigenvalue weighted by atomic mass is 16.6. The molecule has 0 rings (SSSR count). The highest BCUT2D eigenvalue weighted by Gasteiger charge is 2.20. The molecule has 0 aromatic carbocycles. The van der Waals surface area contributed by atoms with Crippen LogP contribution in [0.25, 0.3) is 0 Å². The summed E-state index contributed by atoms with van der Waals surface area (Å²) >= 11 is 0. The van der Waals surface area contributed by atoms with Gasteiger partial charge in [0.05, 0.1) is 0 Å². The number of carbonyl (C=O) groups is 4. The quantitative estimate of drug-likeness (QED) is 0.0492. The summed E-state index contributed by atoms with van der Waals surface area (Å²) in [6.45, 7) is 4.54. The zero-order valence-corrected chi connectivity index (χ0v) is 34.0. The minimum Gasteiger partial charge on any atom is -0.445 e. The van der Waals surface area contributed by atoms with Crippen molar-refractivity contribution in [2.24, 2.45) is 0 Å². The highest BCUT2D eigenvalue weighted by Crippen LogP contribution is 2.12. The van der Waals surface area contributed by atoms with E-state index in [0.717, 1.165) is 64.2 Å². The van der Waals surface area contributed by atoms with Crippen molar-refractivity contribution in [2.45, 2.75) is 200 Å². The lowest BCUT2D eigenvalue weighted by molar-refractivity contribution is -0.122. The number of nitrogens with zero attached hydrogens (tertiary/aromatic N) is 1. The summed E-state index contributed by atoms with van der Waals surface area (Å²) < 4.78 is 10.5. The molecule has 0 fully saturated rings. The number of nitrogens with one attached hydrogen (secondary N) is 2. The van der Waals surface area contributed by atoms with Gasteiger partial charge in [0.25, 0.3) is 0 Å². The van der Waals surface area contributed by atoms with Crippen molar-refractivity contribution in [3.05, 3.63) is 24.3 Å². The zero-order chi connectivity index (χ0) is 38.3. The fourth-order valence-electron chi connectivity index (χ4n) is 5.98. The molecule has 0 radical (unpaired) electrons. The molecule has 9 heteroatoms. The Bertz CT molecular complexity index is 936. The van der Waals surface area contributed by atoms with E-state index in [9.17, 15) is 19.2 Å². The number of hydrogen-bond donors (Lipinski definition) is 2. The normalized spacial score (nSPS) is 12.1. The first-order valence-corrected chi connectivity index (χ1v) is 21.2. The van der Waals surface area contributed by atoms with Crippen LogP contribution in [0.4, 0.5) is 9.59 Å². The van der Waals surface area contributed by atoms with Crippen LogP contribution < -0.4 is 10.6 Å². The van der Waals surface area contributed by atoms with Gasteiger partial charge < -0.3 is 14.4 Å². The van der Waals surface area contributed by atoms with Gasteiger partial charge in [0.15, 0.2) is 6.10 Å². The lowest BCUT2D eigenvalue weighted by Gasteiger charge is -2.21. The average Bonchev–Trinajstić information content (AvgIpc) is 3.10. The number of unbranched alkanes of at least 4 members (excludes halogenated alkanes) is 22. The maximum absolute atomic E-state index is 12.4. The number of rotatable bonds is 35. The molecule has 2 N–H and O–H groups in total. The standard InChI is InChI=1S/C43H79N3O6/c1-5-7-9-11-13-15-17-19-21-23-25-27-29-31-33-35-40(47)44-42(49)51-38-39(37-46(3)4)52-43(50)45-41(48)36-34-32-30-28-26-24-22-20-18-16-14-12-10-8-6-2/h19-22,39H,5-18,23-38H2,1-4H3,(H,44,47,49)(H,45,48,50)/b21-19-,22-20-. The Morgan fingerprint density at radius 3 is 1.23 bits per heavy atom. The van der Waals surface area contributed by atoms with Crippen LogP contribution in [-0.2, 0) is 19.1 Å². The van der Waals surface area contributed by atoms with Gasteiger partial charge in [-0.25, -0.2) is 9.59 Å². The molecule has 0 aromatic heterocycles. The van der Waals surface area contributed by atoms with Gasteiger partial charge in [-0.3, -0.25) is 20.2 Å². The molecule has 0 spiro atoms. The van der Waals surface area contributed by atoms with Crippen molar-refractivity contribution in [3.63, 3.8) is 0 Å². The summed E-state index contributed by atoms with van der Waals surface area (Å²) in [5.41, 5.74) is 0. The Morgan fingerprint density at radius 2 is 0.846 bits per heavy atom. The fourth-order valence-corrected chi connectivity index (χ4v) is 5.98. The van der Waals surface area contributed by atoms with Crippen molar-refractivity contribution in [1.29, 1.82) is 0 Å². The molecule has 0 bridgehead atoms. The zero-order valence-electron chi connectivity index (χ0n) is 34.0. The van der Waals surface area contributed by atoms with Gasteiger partial charge in [0, 0.05) is 19.4 Å². The Balaban J connectivity index is 3.96. The van der Waals surface area contributed by atoms with Crippen LogP contribution in [0.1, 0.15) is 194 Å². The minimum absolute atomic E-state index is 0.236. The van der Waals surface area contributed by atoms with E-state index in [2.05, 4.69) is 48.8 Å². The molecular formula is C43H79N3O6. The molecule has 0 saturated heterocycles. The number of ether oxygens (including phenoxy) is 2. The van der Waals surface area contributed by atoms with E-state index in [-0.39, 0.29) is 37.8 Å². The predicted molar refractivity (Wildman–Crippen MR) is 215 cm³/mol. The second-order valence-corrected chi connectivity index (χ2v) is 14.7. The lowest BCUT2D eigenvalue weighted by Crippen LogP contribution is -2.41. The molecule has 1 unspecified atom stereocenters. The summed E-state index contributed by atoms with van der Waals surface area (Å²) in [4.78, 5) is 50.8. The summed E-state index contributed by atoms with van der Waals surface area (Å²) in [7, 11) is 3.59. The van der Waals surface area contributed by atoms with Crippen LogP contribution in [0.15, 0.2) is 24.3 Å². The second kappa shape index (κ2) is 38.1. The third-order valence-corrected chi connectivity index (χ3v) is 9.06. The molecule has 1 atom stereocenters. The molecular weight excluding hydrogens is 654 g/mol. The molecule has 0 heterocycles. The average molecular weight is 734 g/mol. The van der Waals surface area contributed by atoms with Crippen LogP contribution in [0.5, 0.6) is 0 Å². The van der Waals surface area contributed by atoms with Gasteiger partial charge in [-0.15, -0.1) is 0 Å². The largest absolute Gasteiger partial charge is 0.445 e. The summed E-state index contributed by atoms with van der Waals surface area (Å²) in [6, 6.07) is 0. The predicted octanol–water partition coefficient (Wildman–Crippen LogP) is 11.5.